The van der Waals surface area contributed by atoms with Crippen molar-refractivity contribution in [3.63, 3.8) is 0 Å². The molecule has 1 unspecified atom stereocenters. The Labute approximate surface area is 103 Å². The lowest BCUT2D eigenvalue weighted by Gasteiger charge is -2.33. The Morgan fingerprint density at radius 1 is 1.35 bits per heavy atom. The molecule has 4 nitrogen and oxygen atoms in total. The van der Waals surface area contributed by atoms with Gasteiger partial charge >= 0.3 is 5.97 Å². The number of piperidine rings is 1. The third kappa shape index (κ3) is 3.96. The molecule has 0 aromatic heterocycles. The van der Waals surface area contributed by atoms with E-state index in [-0.39, 0.29) is 12.5 Å². The highest BCUT2D eigenvalue weighted by Crippen LogP contribution is 2.31. The number of nitrogens with zero attached hydrogens (tertiary/aromatic N) is 1. The van der Waals surface area contributed by atoms with Crippen LogP contribution < -0.4 is 5.32 Å². The lowest BCUT2D eigenvalue weighted by atomic mass is 9.96. The van der Waals surface area contributed by atoms with Crippen molar-refractivity contribution >= 4 is 5.97 Å². The van der Waals surface area contributed by atoms with Crippen molar-refractivity contribution < 1.29 is 9.90 Å². The first-order valence-corrected chi connectivity index (χ1v) is 6.85. The number of aliphatic carboxylic acids is 1. The van der Waals surface area contributed by atoms with E-state index in [2.05, 4.69) is 17.1 Å². The Bertz CT molecular complexity index is 260. The molecule has 0 aromatic rings. The van der Waals surface area contributed by atoms with Crippen molar-refractivity contribution in [1.82, 2.24) is 10.2 Å². The molecular weight excluding hydrogens is 216 g/mol. The van der Waals surface area contributed by atoms with Crippen LogP contribution in [-0.4, -0.2) is 47.7 Å². The molecule has 2 fully saturated rings. The molecule has 1 saturated carbocycles. The predicted molar refractivity (Wildman–Crippen MR) is 67.0 cm³/mol. The van der Waals surface area contributed by atoms with Gasteiger partial charge in [-0.3, -0.25) is 9.69 Å². The van der Waals surface area contributed by atoms with Gasteiger partial charge in [-0.05, 0) is 51.6 Å². The van der Waals surface area contributed by atoms with Gasteiger partial charge in [0.15, 0.2) is 0 Å². The molecule has 2 N–H and O–H groups in total. The van der Waals surface area contributed by atoms with E-state index in [1.54, 1.807) is 0 Å². The quantitative estimate of drug-likeness (QED) is 0.735. The summed E-state index contributed by atoms with van der Waals surface area (Å²) in [6, 6.07) is 0.856. The van der Waals surface area contributed by atoms with E-state index in [1.165, 1.54) is 25.7 Å². The first-order chi connectivity index (χ1) is 8.16. The molecule has 1 aliphatic heterocycles. The fourth-order valence-electron chi connectivity index (χ4n) is 2.83. The van der Waals surface area contributed by atoms with E-state index >= 15 is 0 Å². The summed E-state index contributed by atoms with van der Waals surface area (Å²) in [5.74, 6) is 0.0848. The average Bonchev–Trinajstić information content (AvgIpc) is 3.10. The molecular formula is C13H24N2O2. The van der Waals surface area contributed by atoms with E-state index < -0.39 is 5.97 Å². The van der Waals surface area contributed by atoms with E-state index in [0.717, 1.165) is 25.6 Å². The summed E-state index contributed by atoms with van der Waals surface area (Å²) < 4.78 is 0. The lowest BCUT2D eigenvalue weighted by molar-refractivity contribution is -0.138. The minimum absolute atomic E-state index is 0.190. The van der Waals surface area contributed by atoms with E-state index in [9.17, 15) is 4.79 Å². The van der Waals surface area contributed by atoms with Crippen molar-refractivity contribution in [3.05, 3.63) is 0 Å². The van der Waals surface area contributed by atoms with Crippen LogP contribution in [0.1, 0.15) is 39.0 Å². The third-order valence-corrected chi connectivity index (χ3v) is 3.98. The zero-order valence-electron chi connectivity index (χ0n) is 10.7. The summed E-state index contributed by atoms with van der Waals surface area (Å²) in [6.45, 7) is 5.40. The normalized spacial score (nSPS) is 23.9. The second-order valence-electron chi connectivity index (χ2n) is 5.57. The van der Waals surface area contributed by atoms with Crippen molar-refractivity contribution in [3.8, 4) is 0 Å². The van der Waals surface area contributed by atoms with Gasteiger partial charge in [-0.1, -0.05) is 0 Å². The molecule has 98 valence electrons. The molecule has 2 rings (SSSR count). The number of hydrogen-bond acceptors (Lipinski definition) is 3. The smallest absolute Gasteiger partial charge is 0.304 e. The van der Waals surface area contributed by atoms with Gasteiger partial charge in [0.05, 0.1) is 6.42 Å². The highest BCUT2D eigenvalue weighted by atomic mass is 16.4. The molecule has 1 saturated heterocycles. The van der Waals surface area contributed by atoms with Crippen LogP contribution in [0.5, 0.6) is 0 Å². The monoisotopic (exact) mass is 240 g/mol. The van der Waals surface area contributed by atoms with Gasteiger partial charge in [0, 0.05) is 18.6 Å². The fraction of sp³-hybridized carbons (Fsp3) is 0.923. The number of carboxylic acid groups (broad SMARTS) is 1. The Kier molecular flexibility index (Phi) is 4.40. The second kappa shape index (κ2) is 5.83. The first-order valence-electron chi connectivity index (χ1n) is 6.85. The zero-order chi connectivity index (χ0) is 12.3. The standard InChI is InChI=1S/C13H24N2O2/c1-10(8-13(16)17)15(12-2-3-12)9-11-4-6-14-7-5-11/h10-12,14H,2-9H2,1H3,(H,16,17). The largest absolute Gasteiger partial charge is 0.481 e. The molecule has 4 heteroatoms. The summed E-state index contributed by atoms with van der Waals surface area (Å²) in [5.41, 5.74) is 0. The van der Waals surface area contributed by atoms with Crippen molar-refractivity contribution in [2.45, 2.75) is 51.1 Å². The van der Waals surface area contributed by atoms with Crippen molar-refractivity contribution in [2.75, 3.05) is 19.6 Å². The molecule has 1 heterocycles. The topological polar surface area (TPSA) is 52.6 Å². The minimum Gasteiger partial charge on any atom is -0.481 e. The van der Waals surface area contributed by atoms with Gasteiger partial charge in [-0.15, -0.1) is 0 Å². The van der Waals surface area contributed by atoms with Crippen molar-refractivity contribution in [1.29, 1.82) is 0 Å². The van der Waals surface area contributed by atoms with Crippen LogP contribution in [-0.2, 0) is 4.79 Å². The highest BCUT2D eigenvalue weighted by molar-refractivity contribution is 5.67. The van der Waals surface area contributed by atoms with Gasteiger partial charge in [-0.25, -0.2) is 0 Å². The van der Waals surface area contributed by atoms with Crippen molar-refractivity contribution in [2.24, 2.45) is 5.92 Å². The third-order valence-electron chi connectivity index (χ3n) is 3.98. The van der Waals surface area contributed by atoms with Crippen LogP contribution in [0.4, 0.5) is 0 Å². The molecule has 0 amide bonds. The maximum atomic E-state index is 10.8. The van der Waals surface area contributed by atoms with Gasteiger partial charge in [0.1, 0.15) is 0 Å². The highest BCUT2D eigenvalue weighted by Gasteiger charge is 2.34. The SMILES string of the molecule is CC(CC(=O)O)N(CC1CCNCC1)C1CC1. The molecule has 17 heavy (non-hydrogen) atoms. The fourth-order valence-corrected chi connectivity index (χ4v) is 2.83. The van der Waals surface area contributed by atoms with Crippen LogP contribution in [0.2, 0.25) is 0 Å². The predicted octanol–water partition coefficient (Wildman–Crippen LogP) is 1.31. The molecule has 0 spiro atoms. The van der Waals surface area contributed by atoms with Gasteiger partial charge < -0.3 is 10.4 Å². The minimum atomic E-state index is -0.673. The van der Waals surface area contributed by atoms with Crippen LogP contribution in [0.3, 0.4) is 0 Å². The Balaban J connectivity index is 1.85. The molecule has 0 bridgehead atoms. The van der Waals surface area contributed by atoms with Crippen LogP contribution >= 0.6 is 0 Å². The summed E-state index contributed by atoms with van der Waals surface area (Å²) in [5, 5.41) is 12.3. The molecule has 1 aliphatic carbocycles. The Morgan fingerprint density at radius 3 is 2.53 bits per heavy atom. The first kappa shape index (κ1) is 12.8. The second-order valence-corrected chi connectivity index (χ2v) is 5.57. The van der Waals surface area contributed by atoms with Crippen LogP contribution in [0.15, 0.2) is 0 Å². The number of nitrogens with one attached hydrogen (secondary N) is 1. The van der Waals surface area contributed by atoms with Gasteiger partial charge in [0.2, 0.25) is 0 Å². The van der Waals surface area contributed by atoms with E-state index in [4.69, 9.17) is 5.11 Å². The van der Waals surface area contributed by atoms with E-state index in [1.807, 2.05) is 0 Å². The number of rotatable bonds is 6. The zero-order valence-corrected chi connectivity index (χ0v) is 10.7. The van der Waals surface area contributed by atoms with Crippen LogP contribution in [0.25, 0.3) is 0 Å². The molecule has 0 aromatic carbocycles. The number of hydrogen-bond donors (Lipinski definition) is 2. The average molecular weight is 240 g/mol. The maximum absolute atomic E-state index is 10.8. The van der Waals surface area contributed by atoms with Gasteiger partial charge in [0.25, 0.3) is 0 Å². The Morgan fingerprint density at radius 2 is 2.00 bits per heavy atom. The summed E-state index contributed by atoms with van der Waals surface area (Å²) in [6.07, 6.45) is 5.28. The summed E-state index contributed by atoms with van der Waals surface area (Å²) in [7, 11) is 0. The van der Waals surface area contributed by atoms with Crippen LogP contribution in [0, 0.1) is 5.92 Å². The molecule has 1 atom stereocenters. The number of carbonyl (C=O) groups is 1. The molecule has 0 radical (unpaired) electrons. The maximum Gasteiger partial charge on any atom is 0.304 e. The number of carboxylic acids is 1. The lowest BCUT2D eigenvalue weighted by Crippen LogP contribution is -2.42. The summed E-state index contributed by atoms with van der Waals surface area (Å²) >= 11 is 0. The Hall–Kier alpha value is -0.610. The van der Waals surface area contributed by atoms with Gasteiger partial charge in [-0.2, -0.15) is 0 Å². The molecule has 2 aliphatic rings. The van der Waals surface area contributed by atoms with E-state index in [0.29, 0.717) is 6.04 Å². The summed E-state index contributed by atoms with van der Waals surface area (Å²) in [4.78, 5) is 13.3.